The van der Waals surface area contributed by atoms with Crippen LogP contribution in [-0.2, 0) is 0 Å². The highest BCUT2D eigenvalue weighted by Gasteiger charge is 2.70. The van der Waals surface area contributed by atoms with Crippen molar-refractivity contribution in [1.82, 2.24) is 5.32 Å². The summed E-state index contributed by atoms with van der Waals surface area (Å²) < 4.78 is 73.0. The van der Waals surface area contributed by atoms with E-state index >= 15 is 0 Å². The van der Waals surface area contributed by atoms with Crippen LogP contribution < -0.4 is 5.32 Å². The van der Waals surface area contributed by atoms with Crippen LogP contribution in [0.3, 0.4) is 0 Å². The standard InChI is InChI=1S/C8H13F6NO/c1-5(2,3)15-4-6(16,7(9,10)11)8(12,13)14/h15-16H,4H2,1-3H3. The van der Waals surface area contributed by atoms with Crippen molar-refractivity contribution < 1.29 is 31.4 Å². The van der Waals surface area contributed by atoms with E-state index < -0.39 is 30.0 Å². The average molecular weight is 253 g/mol. The van der Waals surface area contributed by atoms with E-state index in [0.717, 1.165) is 0 Å². The van der Waals surface area contributed by atoms with Gasteiger partial charge in [-0.3, -0.25) is 0 Å². The number of aliphatic hydroxyl groups is 1. The molecule has 0 rings (SSSR count). The molecule has 0 saturated carbocycles. The number of halogens is 6. The molecule has 98 valence electrons. The quantitative estimate of drug-likeness (QED) is 0.740. The predicted molar refractivity (Wildman–Crippen MR) is 44.8 cm³/mol. The van der Waals surface area contributed by atoms with E-state index in [4.69, 9.17) is 5.11 Å². The summed E-state index contributed by atoms with van der Waals surface area (Å²) in [6.07, 6.45) is -11.5. The molecule has 0 unspecified atom stereocenters. The molecule has 0 radical (unpaired) electrons. The van der Waals surface area contributed by atoms with Crippen molar-refractivity contribution in [2.45, 2.75) is 44.3 Å². The zero-order valence-corrected chi connectivity index (χ0v) is 8.92. The molecule has 0 fully saturated rings. The van der Waals surface area contributed by atoms with Crippen LogP contribution >= 0.6 is 0 Å². The number of hydrogen-bond acceptors (Lipinski definition) is 2. The Balaban J connectivity index is 5.00. The normalized spacial score (nSPS) is 15.4. The van der Waals surface area contributed by atoms with Crippen LogP contribution in [0, 0.1) is 0 Å². The molecule has 0 aliphatic rings. The minimum Gasteiger partial charge on any atom is -0.373 e. The fourth-order valence-corrected chi connectivity index (χ4v) is 0.754. The summed E-state index contributed by atoms with van der Waals surface area (Å²) in [7, 11) is 0. The summed E-state index contributed by atoms with van der Waals surface area (Å²) in [4.78, 5) is 0. The van der Waals surface area contributed by atoms with Crippen molar-refractivity contribution in [2.75, 3.05) is 6.54 Å². The summed E-state index contributed by atoms with van der Waals surface area (Å²) in [6.45, 7) is 2.53. The van der Waals surface area contributed by atoms with Crippen LogP contribution in [0.1, 0.15) is 20.8 Å². The molecule has 0 aromatic heterocycles. The Morgan fingerprint density at radius 2 is 1.19 bits per heavy atom. The fourth-order valence-electron chi connectivity index (χ4n) is 0.754. The second kappa shape index (κ2) is 4.06. The smallest absolute Gasteiger partial charge is 0.373 e. The second-order valence-corrected chi connectivity index (χ2v) is 4.46. The van der Waals surface area contributed by atoms with E-state index in [1.807, 2.05) is 5.32 Å². The van der Waals surface area contributed by atoms with Gasteiger partial charge in [-0.15, -0.1) is 0 Å². The third-order valence-electron chi connectivity index (χ3n) is 1.81. The molecule has 2 nitrogen and oxygen atoms in total. The van der Waals surface area contributed by atoms with Crippen LogP contribution in [0.4, 0.5) is 26.3 Å². The van der Waals surface area contributed by atoms with Crippen LogP contribution in [0.5, 0.6) is 0 Å². The summed E-state index contributed by atoms with van der Waals surface area (Å²) in [6, 6.07) is 0. The number of alkyl halides is 6. The number of nitrogens with one attached hydrogen (secondary N) is 1. The molecule has 0 aromatic rings. The van der Waals surface area contributed by atoms with Crippen molar-refractivity contribution in [1.29, 1.82) is 0 Å². The molecule has 8 heteroatoms. The third kappa shape index (κ3) is 3.51. The molecule has 0 heterocycles. The molecule has 0 saturated heterocycles. The van der Waals surface area contributed by atoms with Crippen molar-refractivity contribution >= 4 is 0 Å². The molecule has 0 aromatic carbocycles. The third-order valence-corrected chi connectivity index (χ3v) is 1.81. The molecular formula is C8H13F6NO. The summed E-state index contributed by atoms with van der Waals surface area (Å²) in [5.74, 6) is 0. The van der Waals surface area contributed by atoms with Crippen LogP contribution in [0.2, 0.25) is 0 Å². The maximum atomic E-state index is 12.2. The molecule has 0 amide bonds. The summed E-state index contributed by atoms with van der Waals surface area (Å²) in [5.41, 5.74) is -5.70. The van der Waals surface area contributed by atoms with Crippen molar-refractivity contribution in [3.63, 3.8) is 0 Å². The highest BCUT2D eigenvalue weighted by Crippen LogP contribution is 2.42. The number of β-amino-alcohol motifs (C(OH)–C–C–N with tert-alkyl or cyclic N) is 1. The van der Waals surface area contributed by atoms with Gasteiger partial charge in [0, 0.05) is 12.1 Å². The molecule has 2 N–H and O–H groups in total. The molecule has 0 atom stereocenters. The van der Waals surface area contributed by atoms with Crippen molar-refractivity contribution in [3.05, 3.63) is 0 Å². The van der Waals surface area contributed by atoms with Gasteiger partial charge in [0.1, 0.15) is 0 Å². The van der Waals surface area contributed by atoms with E-state index in [9.17, 15) is 26.3 Å². The number of rotatable bonds is 2. The van der Waals surface area contributed by atoms with E-state index in [0.29, 0.717) is 0 Å². The molecule has 0 bridgehead atoms. The van der Waals surface area contributed by atoms with Gasteiger partial charge in [0.05, 0.1) is 0 Å². The van der Waals surface area contributed by atoms with Crippen LogP contribution in [-0.4, -0.2) is 35.1 Å². The summed E-state index contributed by atoms with van der Waals surface area (Å²) >= 11 is 0. The maximum Gasteiger partial charge on any atom is 0.427 e. The SMILES string of the molecule is CC(C)(C)NCC(O)(C(F)(F)F)C(F)(F)F. The van der Waals surface area contributed by atoms with E-state index in [1.54, 1.807) is 0 Å². The Morgan fingerprint density at radius 3 is 1.38 bits per heavy atom. The van der Waals surface area contributed by atoms with Gasteiger partial charge in [-0.25, -0.2) is 0 Å². The number of hydrogen-bond donors (Lipinski definition) is 2. The first-order chi connectivity index (χ1) is 6.71. The Bertz CT molecular complexity index is 224. The lowest BCUT2D eigenvalue weighted by Gasteiger charge is -2.35. The Morgan fingerprint density at radius 1 is 0.875 bits per heavy atom. The first-order valence-corrected chi connectivity index (χ1v) is 4.31. The average Bonchev–Trinajstić information content (AvgIpc) is 1.93. The van der Waals surface area contributed by atoms with Gasteiger partial charge in [-0.2, -0.15) is 26.3 Å². The zero-order chi connectivity index (χ0) is 13.4. The van der Waals surface area contributed by atoms with Gasteiger partial charge in [-0.1, -0.05) is 0 Å². The Hall–Kier alpha value is -0.500. The van der Waals surface area contributed by atoms with Gasteiger partial charge in [0.2, 0.25) is 0 Å². The van der Waals surface area contributed by atoms with Crippen LogP contribution in [0.25, 0.3) is 0 Å². The lowest BCUT2D eigenvalue weighted by Crippen LogP contribution is -2.64. The highest BCUT2D eigenvalue weighted by atomic mass is 19.4. The second-order valence-electron chi connectivity index (χ2n) is 4.46. The molecule has 16 heavy (non-hydrogen) atoms. The van der Waals surface area contributed by atoms with Gasteiger partial charge < -0.3 is 10.4 Å². The first-order valence-electron chi connectivity index (χ1n) is 4.31. The minimum atomic E-state index is -5.77. The van der Waals surface area contributed by atoms with Gasteiger partial charge >= 0.3 is 12.4 Å². The maximum absolute atomic E-state index is 12.2. The van der Waals surface area contributed by atoms with Crippen molar-refractivity contribution in [3.8, 4) is 0 Å². The fraction of sp³-hybridized carbons (Fsp3) is 1.00. The van der Waals surface area contributed by atoms with E-state index in [-0.39, 0.29) is 0 Å². The predicted octanol–water partition coefficient (Wildman–Crippen LogP) is 2.23. The van der Waals surface area contributed by atoms with Crippen molar-refractivity contribution in [2.24, 2.45) is 0 Å². The van der Waals surface area contributed by atoms with Gasteiger partial charge in [0.15, 0.2) is 0 Å². The largest absolute Gasteiger partial charge is 0.427 e. The van der Waals surface area contributed by atoms with E-state index in [1.165, 1.54) is 20.8 Å². The molecular weight excluding hydrogens is 240 g/mol. The van der Waals surface area contributed by atoms with Crippen LogP contribution in [0.15, 0.2) is 0 Å². The lowest BCUT2D eigenvalue weighted by atomic mass is 10.0. The summed E-state index contributed by atoms with van der Waals surface area (Å²) in [5, 5.41) is 10.7. The first kappa shape index (κ1) is 15.5. The Labute approximate surface area is 88.6 Å². The van der Waals surface area contributed by atoms with Gasteiger partial charge in [0.25, 0.3) is 5.60 Å². The monoisotopic (exact) mass is 253 g/mol. The molecule has 0 aliphatic heterocycles. The lowest BCUT2D eigenvalue weighted by molar-refractivity contribution is -0.365. The van der Waals surface area contributed by atoms with E-state index in [2.05, 4.69) is 0 Å². The minimum absolute atomic E-state index is 0.968. The van der Waals surface area contributed by atoms with Gasteiger partial charge in [-0.05, 0) is 20.8 Å². The highest BCUT2D eigenvalue weighted by molar-refractivity contribution is 4.97. The topological polar surface area (TPSA) is 32.3 Å². The molecule has 0 aliphatic carbocycles. The molecule has 0 spiro atoms. The zero-order valence-electron chi connectivity index (χ0n) is 8.92. The Kier molecular flexibility index (Phi) is 3.94.